The lowest BCUT2D eigenvalue weighted by Gasteiger charge is -2.32. The normalized spacial score (nSPS) is 44.4. The van der Waals surface area contributed by atoms with Crippen LogP contribution in [0.3, 0.4) is 0 Å². The fourth-order valence-electron chi connectivity index (χ4n) is 3.35. The lowest BCUT2D eigenvalue weighted by molar-refractivity contribution is -0.143. The van der Waals surface area contributed by atoms with Gasteiger partial charge in [0.2, 0.25) is 0 Å². The molecule has 2 saturated carbocycles. The maximum absolute atomic E-state index is 12.8. The smallest absolute Gasteiger partial charge is 0.298 e. The highest BCUT2D eigenvalue weighted by molar-refractivity contribution is 6.05. The van der Waals surface area contributed by atoms with E-state index in [2.05, 4.69) is 0 Å². The quantitative estimate of drug-likeness (QED) is 0.477. The van der Waals surface area contributed by atoms with Gasteiger partial charge in [0, 0.05) is 5.41 Å². The van der Waals surface area contributed by atoms with E-state index >= 15 is 0 Å². The third kappa shape index (κ3) is 0.812. The summed E-state index contributed by atoms with van der Waals surface area (Å²) in [5.74, 6) is -1.23. The van der Waals surface area contributed by atoms with Gasteiger partial charge in [-0.25, -0.2) is 0 Å². The van der Waals surface area contributed by atoms with Gasteiger partial charge in [-0.1, -0.05) is 20.8 Å². The number of hydrogen-bond acceptors (Lipinski definition) is 2. The number of fused-ring (bicyclic) bond motifs is 2. The number of carbonyl (C=O) groups excluding carboxylic acids is 2. The van der Waals surface area contributed by atoms with Crippen molar-refractivity contribution in [1.82, 2.24) is 0 Å². The summed E-state index contributed by atoms with van der Waals surface area (Å²) in [4.78, 5) is 22.7. The van der Waals surface area contributed by atoms with Crippen LogP contribution in [0.2, 0.25) is 0 Å². The average molecular weight is 198 g/mol. The SMILES string of the molecule is CC1(C)[C@@H]2CC[C@@]1(C)C(=O)C2C(=O)F. The van der Waals surface area contributed by atoms with Crippen molar-refractivity contribution in [3.63, 3.8) is 0 Å². The molecule has 0 radical (unpaired) electrons. The van der Waals surface area contributed by atoms with Crippen molar-refractivity contribution >= 4 is 11.8 Å². The van der Waals surface area contributed by atoms with Crippen LogP contribution in [0.4, 0.5) is 4.39 Å². The van der Waals surface area contributed by atoms with E-state index in [0.29, 0.717) is 0 Å². The van der Waals surface area contributed by atoms with E-state index < -0.39 is 17.4 Å². The second-order valence-electron chi connectivity index (χ2n) is 5.34. The molecule has 0 heterocycles. The highest BCUT2D eigenvalue weighted by atomic mass is 19.1. The van der Waals surface area contributed by atoms with Crippen LogP contribution in [0.5, 0.6) is 0 Å². The lowest BCUT2D eigenvalue weighted by Crippen LogP contribution is -2.34. The van der Waals surface area contributed by atoms with Gasteiger partial charge in [0.15, 0.2) is 5.78 Å². The summed E-state index contributed by atoms with van der Waals surface area (Å²) in [7, 11) is 0. The van der Waals surface area contributed by atoms with Crippen molar-refractivity contribution in [2.45, 2.75) is 33.6 Å². The third-order valence-corrected chi connectivity index (χ3v) is 4.78. The Morgan fingerprint density at radius 3 is 2.29 bits per heavy atom. The number of Topliss-reactive ketones (excluding diaryl/α,β-unsaturated/α-hetero) is 1. The van der Waals surface area contributed by atoms with Crippen molar-refractivity contribution in [2.75, 3.05) is 0 Å². The van der Waals surface area contributed by atoms with Crippen LogP contribution in [0, 0.1) is 22.7 Å². The van der Waals surface area contributed by atoms with Crippen LogP contribution in [0.1, 0.15) is 33.6 Å². The lowest BCUT2D eigenvalue weighted by atomic mass is 9.70. The molecule has 2 aliphatic carbocycles. The summed E-state index contributed by atoms with van der Waals surface area (Å²) in [6, 6.07) is -1.43. The average Bonchev–Trinajstić information content (AvgIpc) is 2.35. The minimum atomic E-state index is -1.43. The Hall–Kier alpha value is -0.730. The molecule has 1 unspecified atom stereocenters. The monoisotopic (exact) mass is 198 g/mol. The van der Waals surface area contributed by atoms with Gasteiger partial charge in [-0.2, -0.15) is 4.39 Å². The molecule has 3 heteroatoms. The number of halogens is 1. The Kier molecular flexibility index (Phi) is 1.71. The maximum atomic E-state index is 12.8. The number of ketones is 1. The van der Waals surface area contributed by atoms with E-state index in [4.69, 9.17) is 0 Å². The van der Waals surface area contributed by atoms with Crippen molar-refractivity contribution in [1.29, 1.82) is 0 Å². The predicted octanol–water partition coefficient (Wildman–Crippen LogP) is 2.12. The van der Waals surface area contributed by atoms with Crippen LogP contribution in [0.15, 0.2) is 0 Å². The summed E-state index contributed by atoms with van der Waals surface area (Å²) >= 11 is 0. The second-order valence-corrected chi connectivity index (χ2v) is 5.34. The molecule has 2 bridgehead atoms. The summed E-state index contributed by atoms with van der Waals surface area (Å²) in [6.45, 7) is 5.83. The predicted molar refractivity (Wildman–Crippen MR) is 49.2 cm³/mol. The second kappa shape index (κ2) is 2.44. The zero-order valence-electron chi connectivity index (χ0n) is 8.76. The molecular weight excluding hydrogens is 183 g/mol. The molecule has 0 aliphatic heterocycles. The van der Waals surface area contributed by atoms with Crippen LogP contribution >= 0.6 is 0 Å². The van der Waals surface area contributed by atoms with Crippen LogP contribution in [0.25, 0.3) is 0 Å². The first-order valence-corrected chi connectivity index (χ1v) is 5.06. The third-order valence-electron chi connectivity index (χ3n) is 4.78. The van der Waals surface area contributed by atoms with Gasteiger partial charge in [-0.3, -0.25) is 9.59 Å². The molecule has 2 fully saturated rings. The number of carbonyl (C=O) groups is 2. The van der Waals surface area contributed by atoms with E-state index in [1.54, 1.807) is 0 Å². The van der Waals surface area contributed by atoms with Gasteiger partial charge in [-0.15, -0.1) is 0 Å². The summed E-state index contributed by atoms with van der Waals surface area (Å²) < 4.78 is 12.8. The molecule has 2 rings (SSSR count). The summed E-state index contributed by atoms with van der Waals surface area (Å²) in [5.41, 5.74) is -0.708. The summed E-state index contributed by atoms with van der Waals surface area (Å²) in [5, 5.41) is 0. The van der Waals surface area contributed by atoms with E-state index in [1.165, 1.54) is 0 Å². The first-order valence-electron chi connectivity index (χ1n) is 5.06. The first kappa shape index (κ1) is 9.81. The Bertz CT molecular complexity index is 321. The standard InChI is InChI=1S/C11H15FO2/c1-10(2)6-4-5-11(10,3)8(13)7(6)9(12)14/h6-7H,4-5H2,1-3H3/t6-,7?,11+/m1/s1. The van der Waals surface area contributed by atoms with Crippen LogP contribution in [-0.4, -0.2) is 11.8 Å². The van der Waals surface area contributed by atoms with Gasteiger partial charge in [0.25, 0.3) is 0 Å². The zero-order chi connectivity index (χ0) is 10.7. The molecule has 0 N–H and O–H groups in total. The van der Waals surface area contributed by atoms with E-state index in [9.17, 15) is 14.0 Å². The van der Waals surface area contributed by atoms with Crippen molar-refractivity contribution in [2.24, 2.45) is 22.7 Å². The first-order chi connectivity index (χ1) is 6.32. The van der Waals surface area contributed by atoms with Gasteiger partial charge >= 0.3 is 6.04 Å². The van der Waals surface area contributed by atoms with E-state index in [-0.39, 0.29) is 17.1 Å². The molecule has 0 amide bonds. The molecule has 2 nitrogen and oxygen atoms in total. The molecule has 78 valence electrons. The number of hydrogen-bond donors (Lipinski definition) is 0. The molecule has 0 aromatic heterocycles. The molecule has 14 heavy (non-hydrogen) atoms. The Labute approximate surface area is 82.9 Å². The van der Waals surface area contributed by atoms with Gasteiger partial charge in [0.05, 0.1) is 0 Å². The topological polar surface area (TPSA) is 34.1 Å². The van der Waals surface area contributed by atoms with Crippen LogP contribution < -0.4 is 0 Å². The minimum absolute atomic E-state index is 0.0856. The fourth-order valence-corrected chi connectivity index (χ4v) is 3.35. The van der Waals surface area contributed by atoms with Gasteiger partial charge < -0.3 is 0 Å². The van der Waals surface area contributed by atoms with Crippen LogP contribution in [-0.2, 0) is 9.59 Å². The highest BCUT2D eigenvalue weighted by Crippen LogP contribution is 2.65. The van der Waals surface area contributed by atoms with Crippen molar-refractivity contribution < 1.29 is 14.0 Å². The number of rotatable bonds is 1. The minimum Gasteiger partial charge on any atom is -0.298 e. The van der Waals surface area contributed by atoms with Crippen molar-refractivity contribution in [3.05, 3.63) is 0 Å². The Balaban J connectivity index is 2.49. The Morgan fingerprint density at radius 1 is 1.43 bits per heavy atom. The molecule has 2 aliphatic rings. The molecule has 0 aromatic carbocycles. The zero-order valence-corrected chi connectivity index (χ0v) is 8.76. The Morgan fingerprint density at radius 2 is 2.00 bits per heavy atom. The summed E-state index contributed by atoms with van der Waals surface area (Å²) in [6.07, 6.45) is 1.60. The largest absolute Gasteiger partial charge is 0.312 e. The maximum Gasteiger partial charge on any atom is 0.312 e. The van der Waals surface area contributed by atoms with Gasteiger partial charge in [0.1, 0.15) is 5.92 Å². The van der Waals surface area contributed by atoms with Gasteiger partial charge in [-0.05, 0) is 24.2 Å². The van der Waals surface area contributed by atoms with Crippen molar-refractivity contribution in [3.8, 4) is 0 Å². The fraction of sp³-hybridized carbons (Fsp3) is 0.818. The molecule has 3 atom stereocenters. The highest BCUT2D eigenvalue weighted by Gasteiger charge is 2.68. The molecular formula is C11H15FO2. The van der Waals surface area contributed by atoms with E-state index in [1.807, 2.05) is 20.8 Å². The molecule has 0 saturated heterocycles. The molecule has 0 spiro atoms. The molecule has 0 aromatic rings. The van der Waals surface area contributed by atoms with E-state index in [0.717, 1.165) is 12.8 Å².